The van der Waals surface area contributed by atoms with Gasteiger partial charge in [-0.3, -0.25) is 10.1 Å². The van der Waals surface area contributed by atoms with Crippen molar-refractivity contribution in [1.29, 1.82) is 0 Å². The van der Waals surface area contributed by atoms with Gasteiger partial charge in [0.2, 0.25) is 5.91 Å². The number of hydrogen-bond donors (Lipinski definition) is 1. The molecule has 0 aliphatic carbocycles. The molecule has 1 aliphatic heterocycles. The van der Waals surface area contributed by atoms with Crippen LogP contribution in [0.3, 0.4) is 0 Å². The third-order valence-corrected chi connectivity index (χ3v) is 3.33. The Bertz CT molecular complexity index is 192. The number of nitrogens with zero attached hydrogens (tertiary/aromatic N) is 1. The highest BCUT2D eigenvalue weighted by Gasteiger charge is 2.25. The van der Waals surface area contributed by atoms with Crippen LogP contribution >= 0.6 is 0 Å². The van der Waals surface area contributed by atoms with Gasteiger partial charge in [-0.2, -0.15) is 0 Å². The lowest BCUT2D eigenvalue weighted by molar-refractivity contribution is -0.135. The molecule has 0 aromatic rings. The number of carbonyl (C=O) groups is 1. The Balaban J connectivity index is 2.41. The Kier molecular flexibility index (Phi) is 6.46. The van der Waals surface area contributed by atoms with Gasteiger partial charge < -0.3 is 4.90 Å². The normalized spacial score (nSPS) is 16.1. The summed E-state index contributed by atoms with van der Waals surface area (Å²) < 4.78 is 0. The smallest absolute Gasteiger partial charge is 0.226 e. The summed E-state index contributed by atoms with van der Waals surface area (Å²) in [5, 5.41) is 3.23. The molecule has 1 rings (SSSR count). The van der Waals surface area contributed by atoms with Gasteiger partial charge in [0.25, 0.3) is 0 Å². The molecule has 3 heteroatoms. The molecule has 0 aromatic heterocycles. The average molecular weight is 226 g/mol. The second-order valence-electron chi connectivity index (χ2n) is 4.74. The lowest BCUT2D eigenvalue weighted by Gasteiger charge is -2.22. The monoisotopic (exact) mass is 226 g/mol. The van der Waals surface area contributed by atoms with E-state index in [2.05, 4.69) is 19.2 Å². The van der Waals surface area contributed by atoms with Crippen LogP contribution in [-0.2, 0) is 4.79 Å². The fraction of sp³-hybridized carbons (Fsp3) is 0.923. The van der Waals surface area contributed by atoms with Crippen molar-refractivity contribution in [2.45, 2.75) is 52.4 Å². The summed E-state index contributed by atoms with van der Waals surface area (Å²) in [6, 6.07) is 0. The Labute approximate surface area is 99.6 Å². The molecular formula is C13H26N2O. The molecule has 94 valence electrons. The van der Waals surface area contributed by atoms with E-state index in [-0.39, 0.29) is 5.92 Å². The molecule has 0 atom stereocenters. The minimum atomic E-state index is 0.278. The zero-order valence-corrected chi connectivity index (χ0v) is 10.8. The van der Waals surface area contributed by atoms with Gasteiger partial charge in [-0.25, -0.2) is 0 Å². The summed E-state index contributed by atoms with van der Waals surface area (Å²) >= 11 is 0. The molecule has 16 heavy (non-hydrogen) atoms. The van der Waals surface area contributed by atoms with Crippen LogP contribution in [0.4, 0.5) is 0 Å². The largest absolute Gasteiger partial charge is 0.328 e. The van der Waals surface area contributed by atoms with Gasteiger partial charge in [-0.1, -0.05) is 39.5 Å². The minimum absolute atomic E-state index is 0.278. The Morgan fingerprint density at radius 3 is 2.31 bits per heavy atom. The van der Waals surface area contributed by atoms with Crippen molar-refractivity contribution < 1.29 is 4.79 Å². The molecule has 1 N–H and O–H groups in total. The molecule has 1 saturated heterocycles. The van der Waals surface area contributed by atoms with E-state index < -0.39 is 0 Å². The third kappa shape index (κ3) is 4.12. The van der Waals surface area contributed by atoms with Crippen LogP contribution in [0, 0.1) is 5.92 Å². The first-order chi connectivity index (χ1) is 7.79. The summed E-state index contributed by atoms with van der Waals surface area (Å²) in [5.74, 6) is 0.659. The van der Waals surface area contributed by atoms with Gasteiger partial charge in [0.15, 0.2) is 0 Å². The van der Waals surface area contributed by atoms with Crippen molar-refractivity contribution in [3.63, 3.8) is 0 Å². The van der Waals surface area contributed by atoms with Crippen molar-refractivity contribution in [2.24, 2.45) is 5.92 Å². The van der Waals surface area contributed by atoms with Crippen LogP contribution in [0.15, 0.2) is 0 Å². The van der Waals surface area contributed by atoms with E-state index in [1.54, 1.807) is 0 Å². The maximum Gasteiger partial charge on any atom is 0.226 e. The van der Waals surface area contributed by atoms with Gasteiger partial charge in [0.1, 0.15) is 0 Å². The molecule has 1 heterocycles. The van der Waals surface area contributed by atoms with Gasteiger partial charge in [0, 0.05) is 19.0 Å². The van der Waals surface area contributed by atoms with Crippen molar-refractivity contribution in [1.82, 2.24) is 10.2 Å². The molecule has 1 amide bonds. The minimum Gasteiger partial charge on any atom is -0.328 e. The number of hydrogen-bond acceptors (Lipinski definition) is 2. The maximum atomic E-state index is 12.2. The van der Waals surface area contributed by atoms with E-state index in [1.165, 1.54) is 25.7 Å². The van der Waals surface area contributed by atoms with E-state index in [0.717, 1.165) is 32.6 Å². The molecule has 0 saturated carbocycles. The van der Waals surface area contributed by atoms with Gasteiger partial charge in [-0.15, -0.1) is 0 Å². The first-order valence-corrected chi connectivity index (χ1v) is 6.79. The van der Waals surface area contributed by atoms with E-state index in [0.29, 0.717) is 5.91 Å². The van der Waals surface area contributed by atoms with Crippen molar-refractivity contribution in [3.05, 3.63) is 0 Å². The summed E-state index contributed by atoms with van der Waals surface area (Å²) in [4.78, 5) is 14.2. The predicted octanol–water partition coefficient (Wildman–Crippen LogP) is 2.37. The fourth-order valence-corrected chi connectivity index (χ4v) is 2.25. The highest BCUT2D eigenvalue weighted by atomic mass is 16.2. The Morgan fingerprint density at radius 2 is 1.88 bits per heavy atom. The van der Waals surface area contributed by atoms with Crippen LogP contribution in [0.25, 0.3) is 0 Å². The number of nitrogens with one attached hydrogen (secondary N) is 1. The molecule has 0 aromatic carbocycles. The number of carbonyl (C=O) groups excluding carboxylic acids is 1. The van der Waals surface area contributed by atoms with Crippen molar-refractivity contribution in [3.8, 4) is 0 Å². The number of rotatable bonds is 7. The Hall–Kier alpha value is -0.570. The predicted molar refractivity (Wildman–Crippen MR) is 67.1 cm³/mol. The first kappa shape index (κ1) is 13.5. The fourth-order valence-electron chi connectivity index (χ4n) is 2.25. The van der Waals surface area contributed by atoms with Crippen LogP contribution in [-0.4, -0.2) is 30.6 Å². The molecular weight excluding hydrogens is 200 g/mol. The molecule has 3 nitrogen and oxygen atoms in total. The SMILES string of the molecule is CCCCC(CCCC)C(=O)N1CCNC1. The topological polar surface area (TPSA) is 32.3 Å². The molecule has 0 unspecified atom stereocenters. The standard InChI is InChI=1S/C13H26N2O/c1-3-5-7-12(8-6-4-2)13(16)15-10-9-14-11-15/h12,14H,3-11H2,1-2H3. The number of unbranched alkanes of at least 4 members (excludes halogenated alkanes) is 2. The van der Waals surface area contributed by atoms with Gasteiger partial charge in [0.05, 0.1) is 6.67 Å². The summed E-state index contributed by atoms with van der Waals surface area (Å²) in [6.45, 7) is 7.00. The highest BCUT2D eigenvalue weighted by Crippen LogP contribution is 2.19. The van der Waals surface area contributed by atoms with E-state index in [1.807, 2.05) is 4.90 Å². The molecule has 0 bridgehead atoms. The lowest BCUT2D eigenvalue weighted by atomic mass is 9.94. The molecule has 0 spiro atoms. The summed E-state index contributed by atoms with van der Waals surface area (Å²) in [5.41, 5.74) is 0. The maximum absolute atomic E-state index is 12.2. The highest BCUT2D eigenvalue weighted by molar-refractivity contribution is 5.79. The quantitative estimate of drug-likeness (QED) is 0.723. The molecule has 0 radical (unpaired) electrons. The van der Waals surface area contributed by atoms with Crippen molar-refractivity contribution >= 4 is 5.91 Å². The van der Waals surface area contributed by atoms with Crippen molar-refractivity contribution in [2.75, 3.05) is 19.8 Å². The van der Waals surface area contributed by atoms with Gasteiger partial charge in [-0.05, 0) is 12.8 Å². The van der Waals surface area contributed by atoms with Crippen LogP contribution in [0.5, 0.6) is 0 Å². The van der Waals surface area contributed by atoms with Crippen LogP contribution in [0.2, 0.25) is 0 Å². The Morgan fingerprint density at radius 1 is 1.25 bits per heavy atom. The molecule has 1 aliphatic rings. The average Bonchev–Trinajstić information content (AvgIpc) is 2.82. The van der Waals surface area contributed by atoms with E-state index in [4.69, 9.17) is 0 Å². The second-order valence-corrected chi connectivity index (χ2v) is 4.74. The lowest BCUT2D eigenvalue weighted by Crippen LogP contribution is -2.35. The number of amides is 1. The van der Waals surface area contributed by atoms with E-state index >= 15 is 0 Å². The summed E-state index contributed by atoms with van der Waals surface area (Å²) in [7, 11) is 0. The van der Waals surface area contributed by atoms with Crippen LogP contribution < -0.4 is 5.32 Å². The van der Waals surface area contributed by atoms with Gasteiger partial charge >= 0.3 is 0 Å². The van der Waals surface area contributed by atoms with E-state index in [9.17, 15) is 4.79 Å². The zero-order chi connectivity index (χ0) is 11.8. The third-order valence-electron chi connectivity index (χ3n) is 3.33. The first-order valence-electron chi connectivity index (χ1n) is 6.79. The van der Waals surface area contributed by atoms with Crippen LogP contribution in [0.1, 0.15) is 52.4 Å². The second kappa shape index (κ2) is 7.66. The zero-order valence-electron chi connectivity index (χ0n) is 10.8. The summed E-state index contributed by atoms with van der Waals surface area (Å²) in [6.07, 6.45) is 6.89. The molecule has 1 fully saturated rings.